The zero-order chi connectivity index (χ0) is 26.2. The van der Waals surface area contributed by atoms with Crippen LogP contribution in [0.15, 0.2) is 80.7 Å². The molecule has 0 saturated carbocycles. The molecule has 2 heterocycles. The molecule has 0 amide bonds. The van der Waals surface area contributed by atoms with Crippen LogP contribution in [-0.4, -0.2) is 48.5 Å². The summed E-state index contributed by atoms with van der Waals surface area (Å²) in [7, 11) is 0. The second-order valence-corrected chi connectivity index (χ2v) is 8.41. The van der Waals surface area contributed by atoms with Crippen molar-refractivity contribution in [3.05, 3.63) is 95.7 Å². The third kappa shape index (κ3) is 8.38. The van der Waals surface area contributed by atoms with Crippen molar-refractivity contribution in [3.63, 3.8) is 0 Å². The number of carbonyl (C=O) groups excluding carboxylic acids is 2. The first-order chi connectivity index (χ1) is 17.1. The summed E-state index contributed by atoms with van der Waals surface area (Å²) >= 11 is 1.65. The molecule has 1 aliphatic heterocycles. The van der Waals surface area contributed by atoms with Crippen molar-refractivity contribution in [3.8, 4) is 0 Å². The van der Waals surface area contributed by atoms with E-state index in [2.05, 4.69) is 31.0 Å². The Hall–Kier alpha value is -4.33. The van der Waals surface area contributed by atoms with Crippen LogP contribution in [0.3, 0.4) is 0 Å². The van der Waals surface area contributed by atoms with Crippen LogP contribution in [0.25, 0.3) is 5.32 Å². The first-order valence-corrected chi connectivity index (χ1v) is 11.0. The fourth-order valence-corrected chi connectivity index (χ4v) is 3.47. The van der Waals surface area contributed by atoms with Crippen molar-refractivity contribution in [2.24, 2.45) is 15.3 Å². The maximum Gasteiger partial charge on any atom is 2.00 e. The Bertz CT molecular complexity index is 1400. The van der Waals surface area contributed by atoms with Gasteiger partial charge in [-0.25, -0.2) is 0 Å². The van der Waals surface area contributed by atoms with Crippen molar-refractivity contribution in [2.45, 2.75) is 5.50 Å². The van der Waals surface area contributed by atoms with E-state index < -0.39 is 15.3 Å². The van der Waals surface area contributed by atoms with Gasteiger partial charge in [0.25, 0.3) is 5.03 Å². The van der Waals surface area contributed by atoms with Gasteiger partial charge >= 0.3 is 21.8 Å². The Labute approximate surface area is 224 Å². The van der Waals surface area contributed by atoms with Gasteiger partial charge < -0.3 is 31.0 Å². The monoisotopic (exact) mass is 591 g/mol. The molecule has 37 heavy (non-hydrogen) atoms. The number of hydrogen-bond acceptors (Lipinski definition) is 14. The summed E-state index contributed by atoms with van der Waals surface area (Å²) in [5, 5.41) is 54.3. The fraction of sp³-hybridized carbons (Fsp3) is 0.0556. The number of ketones is 2. The summed E-state index contributed by atoms with van der Waals surface area (Å²) in [5.74, 6) is -1.25. The van der Waals surface area contributed by atoms with Gasteiger partial charge in [0.05, 0.1) is 9.85 Å². The van der Waals surface area contributed by atoms with Crippen LogP contribution in [0.5, 0.6) is 0 Å². The molecule has 1 unspecified atom stereocenters. The number of carbonyl (C=O) groups is 2. The SMILES string of the molecule is O=C1C=C/C(=N\N=c2/[n-]cc([N+](=O)[O-])s2)C(O)=C1.O=C1C=C/C(=N\NC2[N-]C=C([N+](=O)[O-])S2)C(O)=C1.[Co+2]. The van der Waals surface area contributed by atoms with Crippen molar-refractivity contribution >= 4 is 51.1 Å². The Kier molecular flexibility index (Phi) is 10.2. The quantitative estimate of drug-likeness (QED) is 0.251. The van der Waals surface area contributed by atoms with Crippen LogP contribution in [0, 0.1) is 20.2 Å². The molecule has 3 N–H and O–H groups in total. The van der Waals surface area contributed by atoms with Gasteiger partial charge in [-0.2, -0.15) is 5.10 Å². The number of aliphatic hydroxyl groups is 2. The van der Waals surface area contributed by atoms with Gasteiger partial charge in [-0.3, -0.25) is 34.9 Å². The number of nitro groups is 2. The Morgan fingerprint density at radius 1 is 0.946 bits per heavy atom. The first kappa shape index (κ1) is 28.9. The number of aromatic nitrogens is 1. The molecule has 1 aromatic heterocycles. The summed E-state index contributed by atoms with van der Waals surface area (Å²) in [6, 6.07) is 0. The van der Waals surface area contributed by atoms with E-state index in [1.165, 1.54) is 24.3 Å². The van der Waals surface area contributed by atoms with Crippen LogP contribution < -0.4 is 15.2 Å². The third-order valence-electron chi connectivity index (χ3n) is 3.83. The Balaban J connectivity index is 0.000000253. The average Bonchev–Trinajstić information content (AvgIpc) is 3.49. The number of thiazole rings is 1. The van der Waals surface area contributed by atoms with E-state index in [4.69, 9.17) is 0 Å². The van der Waals surface area contributed by atoms with E-state index in [9.17, 15) is 40.0 Å². The maximum absolute atomic E-state index is 10.9. The van der Waals surface area contributed by atoms with Gasteiger partial charge in [-0.1, -0.05) is 17.5 Å². The second-order valence-electron chi connectivity index (χ2n) is 6.32. The standard InChI is InChI=1S/C9H7N4O4S.C9H6N4O4S.Co/c2*14-5-1-2-6(7(15)3-5)11-12-9-10-4-8(18-9)13(16)17;/h1-4,9H,(H2,12,14,15);1-4H,(H2,10,12,14,15);/q-1;;+2/p-1. The van der Waals surface area contributed by atoms with E-state index in [0.717, 1.165) is 47.6 Å². The van der Waals surface area contributed by atoms with Gasteiger partial charge in [0.15, 0.2) is 11.6 Å². The number of hydrazone groups is 1. The summed E-state index contributed by atoms with van der Waals surface area (Å²) in [6.45, 7) is 0. The van der Waals surface area contributed by atoms with Crippen LogP contribution in [0.1, 0.15) is 0 Å². The molecule has 19 heteroatoms. The summed E-state index contributed by atoms with van der Waals surface area (Å²) < 4.78 is 0. The van der Waals surface area contributed by atoms with Gasteiger partial charge in [0, 0.05) is 28.6 Å². The van der Waals surface area contributed by atoms with Gasteiger partial charge in [-0.05, 0) is 36.1 Å². The predicted molar refractivity (Wildman–Crippen MR) is 127 cm³/mol. The van der Waals surface area contributed by atoms with Crippen molar-refractivity contribution in [1.82, 2.24) is 10.4 Å². The smallest absolute Gasteiger partial charge is 0.655 e. The molecule has 2 aliphatic carbocycles. The molecule has 0 saturated heterocycles. The average molecular weight is 591 g/mol. The minimum absolute atomic E-state index is 0. The zero-order valence-corrected chi connectivity index (χ0v) is 20.5. The molecule has 3 aliphatic rings. The van der Waals surface area contributed by atoms with Crippen molar-refractivity contribution < 1.29 is 46.4 Å². The Morgan fingerprint density at radius 2 is 1.57 bits per heavy atom. The molecule has 0 bridgehead atoms. The van der Waals surface area contributed by atoms with Crippen LogP contribution >= 0.6 is 23.1 Å². The normalized spacial score (nSPS) is 20.8. The van der Waals surface area contributed by atoms with Crippen LogP contribution in [0.2, 0.25) is 0 Å². The number of rotatable bonds is 5. The van der Waals surface area contributed by atoms with E-state index >= 15 is 0 Å². The summed E-state index contributed by atoms with van der Waals surface area (Å²) in [6.07, 6.45) is 9.34. The van der Waals surface area contributed by atoms with E-state index in [1.54, 1.807) is 0 Å². The molecule has 1 atom stereocenters. The topological polar surface area (TPSA) is 238 Å². The van der Waals surface area contributed by atoms with Crippen molar-refractivity contribution in [2.75, 3.05) is 0 Å². The predicted octanol–water partition coefficient (Wildman–Crippen LogP) is 1.44. The van der Waals surface area contributed by atoms with E-state index in [0.29, 0.717) is 0 Å². The zero-order valence-electron chi connectivity index (χ0n) is 17.8. The van der Waals surface area contributed by atoms with Crippen LogP contribution in [0.4, 0.5) is 5.00 Å². The molecule has 4 rings (SSSR count). The second kappa shape index (κ2) is 13.1. The van der Waals surface area contributed by atoms with Gasteiger partial charge in [0.1, 0.15) is 22.9 Å². The molecule has 0 fully saturated rings. The minimum Gasteiger partial charge on any atom is -0.655 e. The molecule has 0 spiro atoms. The van der Waals surface area contributed by atoms with Crippen LogP contribution in [-0.2, 0) is 26.4 Å². The molecule has 1 radical (unpaired) electrons. The molecule has 1 aromatic rings. The molecule has 16 nitrogen and oxygen atoms in total. The van der Waals surface area contributed by atoms with E-state index in [1.807, 2.05) is 0 Å². The number of nitrogens with one attached hydrogen (secondary N) is 1. The molecular formula is C18H12CoN8O8S2. The summed E-state index contributed by atoms with van der Waals surface area (Å²) in [5.41, 5.74) is 2.19. The maximum atomic E-state index is 10.9. The van der Waals surface area contributed by atoms with Crippen molar-refractivity contribution in [1.29, 1.82) is 0 Å². The molecular weight excluding hydrogens is 579 g/mol. The van der Waals surface area contributed by atoms with Gasteiger partial charge in [-0.15, -0.1) is 0 Å². The van der Waals surface area contributed by atoms with E-state index in [-0.39, 0.29) is 66.1 Å². The number of nitrogens with zero attached hydrogens (tertiary/aromatic N) is 7. The molecule has 193 valence electrons. The Morgan fingerprint density at radius 3 is 2.08 bits per heavy atom. The van der Waals surface area contributed by atoms with Gasteiger partial charge in [0.2, 0.25) is 0 Å². The number of hydrogen-bond donors (Lipinski definition) is 3. The fourth-order valence-electron chi connectivity index (χ4n) is 2.25. The minimum atomic E-state index is -0.614. The number of allylic oxidation sites excluding steroid dienone is 6. The largest absolute Gasteiger partial charge is 2.00 e. The number of thioether (sulfide) groups is 1. The molecule has 0 aromatic carbocycles. The first-order valence-electron chi connectivity index (χ1n) is 9.32. The number of aliphatic hydroxyl groups excluding tert-OH is 2. The third-order valence-corrected chi connectivity index (χ3v) is 5.61. The summed E-state index contributed by atoms with van der Waals surface area (Å²) in [4.78, 5) is 45.3.